The number of amides is 1. The molecule has 1 fully saturated rings. The number of nitrogens with one attached hydrogen (secondary N) is 1. The SMILES string of the molecule is O=C(CCc1c[nH]c2ccccc12)N1CCC(c2ccc(O)cc2)CC1. The van der Waals surface area contributed by atoms with Crippen LogP contribution in [0, 0.1) is 0 Å². The van der Waals surface area contributed by atoms with Crippen molar-refractivity contribution in [2.24, 2.45) is 0 Å². The van der Waals surface area contributed by atoms with Gasteiger partial charge in [0.15, 0.2) is 0 Å². The first-order valence-corrected chi connectivity index (χ1v) is 9.32. The van der Waals surface area contributed by atoms with Crippen molar-refractivity contribution in [3.63, 3.8) is 0 Å². The number of nitrogens with zero attached hydrogens (tertiary/aromatic N) is 1. The van der Waals surface area contributed by atoms with E-state index in [1.54, 1.807) is 12.1 Å². The van der Waals surface area contributed by atoms with Crippen LogP contribution in [0.1, 0.15) is 36.3 Å². The van der Waals surface area contributed by atoms with Gasteiger partial charge in [0.1, 0.15) is 5.75 Å². The Hall–Kier alpha value is -2.75. The zero-order chi connectivity index (χ0) is 17.9. The maximum atomic E-state index is 12.6. The molecule has 2 aromatic carbocycles. The normalized spacial score (nSPS) is 15.5. The summed E-state index contributed by atoms with van der Waals surface area (Å²) in [6.07, 6.45) is 5.34. The molecule has 1 amide bonds. The topological polar surface area (TPSA) is 56.3 Å². The fourth-order valence-corrected chi connectivity index (χ4v) is 3.95. The number of aromatic nitrogens is 1. The van der Waals surface area contributed by atoms with Crippen molar-refractivity contribution in [3.8, 4) is 5.75 Å². The predicted octanol–water partition coefficient (Wildman–Crippen LogP) is 4.21. The Bertz CT molecular complexity index is 890. The number of rotatable bonds is 4. The van der Waals surface area contributed by atoms with Gasteiger partial charge in [-0.05, 0) is 54.5 Å². The van der Waals surface area contributed by atoms with Crippen LogP contribution in [0.3, 0.4) is 0 Å². The van der Waals surface area contributed by atoms with Gasteiger partial charge in [0.25, 0.3) is 0 Å². The molecule has 1 aromatic heterocycles. The van der Waals surface area contributed by atoms with Crippen LogP contribution in [0.5, 0.6) is 5.75 Å². The highest BCUT2D eigenvalue weighted by Crippen LogP contribution is 2.29. The van der Waals surface area contributed by atoms with E-state index >= 15 is 0 Å². The number of phenolic OH excluding ortho intramolecular Hbond substituents is 1. The highest BCUT2D eigenvalue weighted by atomic mass is 16.3. The lowest BCUT2D eigenvalue weighted by atomic mass is 9.89. The summed E-state index contributed by atoms with van der Waals surface area (Å²) in [6.45, 7) is 1.64. The lowest BCUT2D eigenvalue weighted by Crippen LogP contribution is -2.38. The fourth-order valence-electron chi connectivity index (χ4n) is 3.95. The number of aryl methyl sites for hydroxylation is 1. The minimum atomic E-state index is 0.249. The molecule has 0 bridgehead atoms. The highest BCUT2D eigenvalue weighted by Gasteiger charge is 2.23. The van der Waals surface area contributed by atoms with Gasteiger partial charge < -0.3 is 15.0 Å². The summed E-state index contributed by atoms with van der Waals surface area (Å²) in [5, 5.41) is 10.6. The van der Waals surface area contributed by atoms with Crippen LogP contribution >= 0.6 is 0 Å². The standard InChI is InChI=1S/C22H24N2O2/c25-19-8-5-16(6-9-19)17-11-13-24(14-12-17)22(26)10-7-18-15-23-21-4-2-1-3-20(18)21/h1-6,8-9,15,17,23,25H,7,10-14H2. The molecule has 0 atom stereocenters. The van der Waals surface area contributed by atoms with Gasteiger partial charge in [-0.25, -0.2) is 0 Å². The number of H-pyrrole nitrogens is 1. The molecule has 0 spiro atoms. The van der Waals surface area contributed by atoms with Crippen molar-refractivity contribution in [1.82, 2.24) is 9.88 Å². The number of fused-ring (bicyclic) bond motifs is 1. The molecule has 0 aliphatic carbocycles. The van der Waals surface area contributed by atoms with Gasteiger partial charge in [0.2, 0.25) is 5.91 Å². The van der Waals surface area contributed by atoms with Gasteiger partial charge in [-0.15, -0.1) is 0 Å². The molecule has 4 heteroatoms. The number of benzene rings is 2. The molecule has 1 saturated heterocycles. The molecule has 2 heterocycles. The minimum Gasteiger partial charge on any atom is -0.508 e. The number of hydrogen-bond donors (Lipinski definition) is 2. The molecule has 0 radical (unpaired) electrons. The van der Waals surface area contributed by atoms with E-state index in [4.69, 9.17) is 0 Å². The number of piperidine rings is 1. The van der Waals surface area contributed by atoms with E-state index in [1.807, 2.05) is 35.4 Å². The lowest BCUT2D eigenvalue weighted by molar-refractivity contribution is -0.132. The van der Waals surface area contributed by atoms with E-state index < -0.39 is 0 Å². The Morgan fingerprint density at radius 3 is 2.58 bits per heavy atom. The second kappa shape index (κ2) is 7.24. The quantitative estimate of drug-likeness (QED) is 0.742. The molecule has 1 aliphatic heterocycles. The summed E-state index contributed by atoms with van der Waals surface area (Å²) in [7, 11) is 0. The Labute approximate surface area is 153 Å². The summed E-state index contributed by atoms with van der Waals surface area (Å²) in [5.74, 6) is 1.03. The van der Waals surface area contributed by atoms with Gasteiger partial charge in [0, 0.05) is 36.6 Å². The average Bonchev–Trinajstić information content (AvgIpc) is 3.10. The van der Waals surface area contributed by atoms with E-state index in [9.17, 15) is 9.90 Å². The largest absolute Gasteiger partial charge is 0.508 e. The van der Waals surface area contributed by atoms with Crippen LogP contribution in [0.15, 0.2) is 54.7 Å². The van der Waals surface area contributed by atoms with Crippen molar-refractivity contribution in [1.29, 1.82) is 0 Å². The molecule has 26 heavy (non-hydrogen) atoms. The van der Waals surface area contributed by atoms with E-state index in [2.05, 4.69) is 17.1 Å². The third-order valence-electron chi connectivity index (χ3n) is 5.50. The smallest absolute Gasteiger partial charge is 0.222 e. The number of aromatic hydroxyl groups is 1. The third kappa shape index (κ3) is 3.45. The van der Waals surface area contributed by atoms with Crippen molar-refractivity contribution < 1.29 is 9.90 Å². The van der Waals surface area contributed by atoms with E-state index in [0.717, 1.165) is 37.9 Å². The summed E-state index contributed by atoms with van der Waals surface area (Å²) in [5.41, 5.74) is 3.60. The number of aromatic amines is 1. The van der Waals surface area contributed by atoms with Crippen LogP contribution in [-0.4, -0.2) is 34.0 Å². The van der Waals surface area contributed by atoms with Gasteiger partial charge in [-0.1, -0.05) is 30.3 Å². The molecule has 134 valence electrons. The van der Waals surface area contributed by atoms with Gasteiger partial charge in [0.05, 0.1) is 0 Å². The van der Waals surface area contributed by atoms with Gasteiger partial charge in [-0.3, -0.25) is 4.79 Å². The molecular weight excluding hydrogens is 324 g/mol. The van der Waals surface area contributed by atoms with Crippen molar-refractivity contribution in [2.75, 3.05) is 13.1 Å². The van der Waals surface area contributed by atoms with Crippen LogP contribution in [0.25, 0.3) is 10.9 Å². The average molecular weight is 348 g/mol. The first kappa shape index (κ1) is 16.7. The zero-order valence-corrected chi connectivity index (χ0v) is 14.8. The molecular formula is C22H24N2O2. The molecule has 0 unspecified atom stereocenters. The Kier molecular flexibility index (Phi) is 4.65. The van der Waals surface area contributed by atoms with E-state index in [1.165, 1.54) is 16.5 Å². The van der Waals surface area contributed by atoms with Crippen LogP contribution in [0.2, 0.25) is 0 Å². The molecule has 4 rings (SSSR count). The Balaban J connectivity index is 1.31. The third-order valence-corrected chi connectivity index (χ3v) is 5.50. The Morgan fingerprint density at radius 1 is 1.08 bits per heavy atom. The van der Waals surface area contributed by atoms with Crippen LogP contribution in [-0.2, 0) is 11.2 Å². The summed E-state index contributed by atoms with van der Waals surface area (Å²) in [4.78, 5) is 17.9. The molecule has 2 N–H and O–H groups in total. The second-order valence-electron chi connectivity index (χ2n) is 7.11. The first-order chi connectivity index (χ1) is 12.7. The van der Waals surface area contributed by atoms with Crippen LogP contribution in [0.4, 0.5) is 0 Å². The highest BCUT2D eigenvalue weighted by molar-refractivity contribution is 5.84. The molecule has 1 aliphatic rings. The predicted molar refractivity (Wildman–Crippen MR) is 103 cm³/mol. The van der Waals surface area contributed by atoms with Crippen molar-refractivity contribution in [2.45, 2.75) is 31.6 Å². The van der Waals surface area contributed by atoms with Gasteiger partial charge >= 0.3 is 0 Å². The zero-order valence-electron chi connectivity index (χ0n) is 14.8. The monoisotopic (exact) mass is 348 g/mol. The fraction of sp³-hybridized carbons (Fsp3) is 0.318. The number of hydrogen-bond acceptors (Lipinski definition) is 2. The number of phenols is 1. The van der Waals surface area contributed by atoms with E-state index in [-0.39, 0.29) is 5.91 Å². The van der Waals surface area contributed by atoms with Crippen LogP contribution < -0.4 is 0 Å². The summed E-state index contributed by atoms with van der Waals surface area (Å²) in [6, 6.07) is 15.7. The first-order valence-electron chi connectivity index (χ1n) is 9.32. The molecule has 3 aromatic rings. The van der Waals surface area contributed by atoms with Gasteiger partial charge in [-0.2, -0.15) is 0 Å². The van der Waals surface area contributed by atoms with Crippen molar-refractivity contribution >= 4 is 16.8 Å². The van der Waals surface area contributed by atoms with E-state index in [0.29, 0.717) is 18.1 Å². The Morgan fingerprint density at radius 2 is 1.81 bits per heavy atom. The maximum Gasteiger partial charge on any atom is 0.222 e. The van der Waals surface area contributed by atoms with Crippen molar-refractivity contribution in [3.05, 3.63) is 65.9 Å². The summed E-state index contributed by atoms with van der Waals surface area (Å²) < 4.78 is 0. The minimum absolute atomic E-state index is 0.249. The molecule has 0 saturated carbocycles. The lowest BCUT2D eigenvalue weighted by Gasteiger charge is -2.32. The number of carbonyl (C=O) groups is 1. The summed E-state index contributed by atoms with van der Waals surface area (Å²) >= 11 is 0. The maximum absolute atomic E-state index is 12.6. The number of carbonyl (C=O) groups excluding carboxylic acids is 1. The number of likely N-dealkylation sites (tertiary alicyclic amines) is 1. The second-order valence-corrected chi connectivity index (χ2v) is 7.11. The number of para-hydroxylation sites is 1. The molecule has 4 nitrogen and oxygen atoms in total.